The van der Waals surface area contributed by atoms with Gasteiger partial charge in [-0.2, -0.15) is 0 Å². The SMILES string of the molecule is C=[S-](=C)OC1CC2CC1C1C=CCC21. The van der Waals surface area contributed by atoms with E-state index < -0.39 is 0 Å². The van der Waals surface area contributed by atoms with Crippen LogP contribution in [0.25, 0.3) is 0 Å². The first kappa shape index (κ1) is 9.05. The minimum absolute atomic E-state index is 0.339. The zero-order valence-corrected chi connectivity index (χ0v) is 9.21. The number of hydrogen-bond acceptors (Lipinski definition) is 2. The molecule has 2 saturated carbocycles. The van der Waals surface area contributed by atoms with E-state index in [1.165, 1.54) is 19.3 Å². The summed E-state index contributed by atoms with van der Waals surface area (Å²) in [6.07, 6.45) is 9.23. The summed E-state index contributed by atoms with van der Waals surface area (Å²) in [6, 6.07) is 0. The maximum atomic E-state index is 5.82. The lowest BCUT2D eigenvalue weighted by Crippen LogP contribution is -2.29. The highest BCUT2D eigenvalue weighted by Gasteiger charge is 2.51. The predicted octanol–water partition coefficient (Wildman–Crippen LogP) is 2.00. The van der Waals surface area contributed by atoms with Gasteiger partial charge in [-0.25, -0.2) is 11.7 Å². The zero-order valence-electron chi connectivity index (χ0n) is 8.39. The Balaban J connectivity index is 1.79. The van der Waals surface area contributed by atoms with Crippen molar-refractivity contribution < 1.29 is 4.18 Å². The fraction of sp³-hybridized carbons (Fsp3) is 0.667. The monoisotopic (exact) mass is 209 g/mol. The van der Waals surface area contributed by atoms with E-state index in [2.05, 4.69) is 23.9 Å². The zero-order chi connectivity index (χ0) is 9.71. The van der Waals surface area contributed by atoms with Crippen LogP contribution in [0, 0.1) is 23.7 Å². The third-order valence-electron chi connectivity index (χ3n) is 4.21. The highest BCUT2D eigenvalue weighted by molar-refractivity contribution is 7.87. The molecule has 0 aromatic carbocycles. The summed E-state index contributed by atoms with van der Waals surface area (Å²) in [5.41, 5.74) is 0. The molecule has 0 aromatic rings. The van der Waals surface area contributed by atoms with Crippen molar-refractivity contribution in [2.45, 2.75) is 25.4 Å². The van der Waals surface area contributed by atoms with E-state index in [0.717, 1.165) is 23.7 Å². The smallest absolute Gasteiger partial charge is 0.0371 e. The first-order valence-corrected chi connectivity index (χ1v) is 6.92. The fourth-order valence-corrected chi connectivity index (χ4v) is 4.34. The van der Waals surface area contributed by atoms with Crippen LogP contribution in [-0.2, 0) is 14.5 Å². The minimum Gasteiger partial charge on any atom is -0.483 e. The second-order valence-electron chi connectivity index (χ2n) is 4.87. The average molecular weight is 209 g/mol. The van der Waals surface area contributed by atoms with Crippen molar-refractivity contribution >= 4 is 22.1 Å². The van der Waals surface area contributed by atoms with E-state index >= 15 is 0 Å². The van der Waals surface area contributed by atoms with Gasteiger partial charge in [0, 0.05) is 6.10 Å². The molecule has 2 heteroatoms. The standard InChI is InChI=1S/C12H17OS/c1-14(2)13-12-7-8-6-11(12)10-5-3-4-9(8)10/h3,5,8-12H,1-2,4,6-7H2/q-1. The molecule has 3 rings (SSSR count). The van der Waals surface area contributed by atoms with Gasteiger partial charge in [0.05, 0.1) is 0 Å². The lowest BCUT2D eigenvalue weighted by Gasteiger charge is -2.34. The largest absolute Gasteiger partial charge is 0.483 e. The number of rotatable bonds is 2. The van der Waals surface area contributed by atoms with Gasteiger partial charge >= 0.3 is 0 Å². The summed E-state index contributed by atoms with van der Waals surface area (Å²) in [6.45, 7) is 0. The maximum Gasteiger partial charge on any atom is 0.0371 e. The average Bonchev–Trinajstić information content (AvgIpc) is 2.68. The summed E-state index contributed by atoms with van der Waals surface area (Å²) >= 11 is 0. The molecule has 0 radical (unpaired) electrons. The van der Waals surface area contributed by atoms with Crippen molar-refractivity contribution in [1.29, 1.82) is 0 Å². The van der Waals surface area contributed by atoms with Crippen LogP contribution in [0.15, 0.2) is 12.2 Å². The quantitative estimate of drug-likeness (QED) is 0.384. The molecule has 0 spiro atoms. The third-order valence-corrected chi connectivity index (χ3v) is 4.73. The van der Waals surface area contributed by atoms with E-state index in [-0.39, 0.29) is 10.4 Å². The highest BCUT2D eigenvalue weighted by Crippen LogP contribution is 2.57. The third kappa shape index (κ3) is 1.20. The van der Waals surface area contributed by atoms with Crippen LogP contribution in [0.1, 0.15) is 19.3 Å². The van der Waals surface area contributed by atoms with Crippen LogP contribution in [0.4, 0.5) is 0 Å². The van der Waals surface area contributed by atoms with E-state index in [4.69, 9.17) is 4.18 Å². The van der Waals surface area contributed by atoms with Crippen LogP contribution in [0.3, 0.4) is 0 Å². The van der Waals surface area contributed by atoms with Crippen LogP contribution >= 0.6 is 0 Å². The van der Waals surface area contributed by atoms with Gasteiger partial charge in [-0.05, 0) is 42.9 Å². The Morgan fingerprint density at radius 1 is 1.21 bits per heavy atom. The summed E-state index contributed by atoms with van der Waals surface area (Å²) in [4.78, 5) is 0. The molecule has 0 aromatic heterocycles. The molecule has 0 saturated heterocycles. The molecule has 1 nitrogen and oxygen atoms in total. The van der Waals surface area contributed by atoms with Crippen molar-refractivity contribution in [3.05, 3.63) is 12.2 Å². The Kier molecular flexibility index (Phi) is 2.03. The summed E-state index contributed by atoms with van der Waals surface area (Å²) in [5, 5.41) is 0. The van der Waals surface area contributed by atoms with Gasteiger partial charge in [-0.3, -0.25) is 0 Å². The lowest BCUT2D eigenvalue weighted by atomic mass is 9.80. The second kappa shape index (κ2) is 3.14. The van der Waals surface area contributed by atoms with E-state index in [1.807, 2.05) is 0 Å². The Morgan fingerprint density at radius 2 is 2.07 bits per heavy atom. The van der Waals surface area contributed by atoms with Crippen LogP contribution in [-0.4, -0.2) is 17.8 Å². The molecule has 3 aliphatic rings. The molecule has 0 aliphatic heterocycles. The fourth-order valence-electron chi connectivity index (χ4n) is 3.77. The molecular formula is C12H17OS-. The number of fused-ring (bicyclic) bond motifs is 5. The molecule has 5 unspecified atom stereocenters. The predicted molar refractivity (Wildman–Crippen MR) is 63.4 cm³/mol. The molecule has 78 valence electrons. The van der Waals surface area contributed by atoms with Crippen LogP contribution in [0.5, 0.6) is 0 Å². The molecule has 14 heavy (non-hydrogen) atoms. The molecule has 0 N–H and O–H groups in total. The maximum absolute atomic E-state index is 5.82. The molecular weight excluding hydrogens is 192 g/mol. The Bertz CT molecular complexity index is 334. The van der Waals surface area contributed by atoms with Crippen molar-refractivity contribution in [3.63, 3.8) is 0 Å². The summed E-state index contributed by atoms with van der Waals surface area (Å²) in [5.74, 6) is 11.2. The molecule has 0 amide bonds. The van der Waals surface area contributed by atoms with E-state index in [1.54, 1.807) is 0 Å². The van der Waals surface area contributed by atoms with Crippen molar-refractivity contribution in [2.75, 3.05) is 0 Å². The first-order chi connectivity index (χ1) is 6.75. The second-order valence-corrected chi connectivity index (χ2v) is 5.95. The first-order valence-electron chi connectivity index (χ1n) is 5.43. The normalized spacial score (nSPS) is 49.1. The Hall–Kier alpha value is -0.210. The summed E-state index contributed by atoms with van der Waals surface area (Å²) in [7, 11) is -0.339. The van der Waals surface area contributed by atoms with Crippen molar-refractivity contribution in [3.8, 4) is 0 Å². The van der Waals surface area contributed by atoms with Crippen LogP contribution in [0.2, 0.25) is 0 Å². The van der Waals surface area contributed by atoms with Crippen LogP contribution < -0.4 is 0 Å². The van der Waals surface area contributed by atoms with E-state index in [9.17, 15) is 0 Å². The van der Waals surface area contributed by atoms with Gasteiger partial charge in [0.1, 0.15) is 0 Å². The van der Waals surface area contributed by atoms with Gasteiger partial charge in [-0.1, -0.05) is 12.2 Å². The Morgan fingerprint density at radius 3 is 2.86 bits per heavy atom. The topological polar surface area (TPSA) is 9.23 Å². The van der Waals surface area contributed by atoms with Crippen molar-refractivity contribution in [2.24, 2.45) is 23.7 Å². The van der Waals surface area contributed by atoms with Crippen molar-refractivity contribution in [1.82, 2.24) is 0 Å². The minimum atomic E-state index is -0.339. The Labute approximate surface area is 87.9 Å². The van der Waals surface area contributed by atoms with E-state index in [0.29, 0.717) is 6.10 Å². The highest BCUT2D eigenvalue weighted by atomic mass is 32.2. The lowest BCUT2D eigenvalue weighted by molar-refractivity contribution is 0.116. The number of allylic oxidation sites excluding steroid dienone is 2. The number of hydrogen-bond donors (Lipinski definition) is 0. The van der Waals surface area contributed by atoms with Gasteiger partial charge in [0.15, 0.2) is 0 Å². The molecule has 2 bridgehead atoms. The molecule has 3 aliphatic carbocycles. The van der Waals surface area contributed by atoms with Gasteiger partial charge < -0.3 is 14.5 Å². The molecule has 0 heterocycles. The van der Waals surface area contributed by atoms with Gasteiger partial charge in [0.25, 0.3) is 0 Å². The summed E-state index contributed by atoms with van der Waals surface area (Å²) < 4.78 is 5.82. The van der Waals surface area contributed by atoms with Gasteiger partial charge in [-0.15, -0.1) is 0 Å². The van der Waals surface area contributed by atoms with Gasteiger partial charge in [0.2, 0.25) is 0 Å². The molecule has 5 atom stereocenters. The molecule has 2 fully saturated rings.